The topological polar surface area (TPSA) is 41.1 Å². The van der Waals surface area contributed by atoms with Crippen LogP contribution in [0, 0.1) is 5.92 Å². The molecule has 6 heteroatoms. The molecule has 0 amide bonds. The van der Waals surface area contributed by atoms with E-state index < -0.39 is 5.92 Å². The van der Waals surface area contributed by atoms with Gasteiger partial charge in [0.15, 0.2) is 0 Å². The summed E-state index contributed by atoms with van der Waals surface area (Å²) < 4.78 is 30.4. The lowest BCUT2D eigenvalue weighted by Crippen LogP contribution is -2.47. The molecule has 4 heterocycles. The van der Waals surface area contributed by atoms with Crippen molar-refractivity contribution in [3.05, 3.63) is 65.0 Å². The normalized spacial score (nSPS) is 26.6. The fraction of sp³-hybridized carbons (Fsp3) is 0.548. The van der Waals surface area contributed by atoms with Gasteiger partial charge in [-0.05, 0) is 92.7 Å². The zero-order chi connectivity index (χ0) is 25.4. The minimum absolute atomic E-state index is 0.0833. The van der Waals surface area contributed by atoms with Crippen LogP contribution < -0.4 is 5.32 Å². The summed E-state index contributed by atoms with van der Waals surface area (Å²) in [5.41, 5.74) is 4.69. The van der Waals surface area contributed by atoms with Crippen molar-refractivity contribution >= 4 is 16.7 Å². The van der Waals surface area contributed by atoms with Crippen molar-refractivity contribution in [2.75, 3.05) is 25.0 Å². The van der Waals surface area contributed by atoms with Crippen LogP contribution in [0.2, 0.25) is 0 Å². The highest BCUT2D eigenvalue weighted by molar-refractivity contribution is 5.92. The lowest BCUT2D eigenvalue weighted by atomic mass is 9.90. The lowest BCUT2D eigenvalue weighted by molar-refractivity contribution is -0.0291. The van der Waals surface area contributed by atoms with Gasteiger partial charge in [0.2, 0.25) is 0 Å². The molecule has 196 valence electrons. The van der Waals surface area contributed by atoms with Gasteiger partial charge in [-0.25, -0.2) is 18.7 Å². The summed E-state index contributed by atoms with van der Waals surface area (Å²) in [6.45, 7) is 5.05. The van der Waals surface area contributed by atoms with Gasteiger partial charge in [-0.3, -0.25) is 0 Å². The van der Waals surface area contributed by atoms with Gasteiger partial charge in [0.25, 0.3) is 5.92 Å². The van der Waals surface area contributed by atoms with Gasteiger partial charge in [-0.1, -0.05) is 37.1 Å². The summed E-state index contributed by atoms with van der Waals surface area (Å²) in [7, 11) is 0. The molecule has 2 fully saturated rings. The maximum Gasteiger partial charge on any atom is 0.273 e. The number of benzene rings is 2. The van der Waals surface area contributed by atoms with Crippen molar-refractivity contribution in [1.29, 1.82) is 0 Å². The fourth-order valence-corrected chi connectivity index (χ4v) is 6.12. The number of hydrogen-bond acceptors (Lipinski definition) is 4. The average molecular weight is 505 g/mol. The smallest absolute Gasteiger partial charge is 0.273 e. The Bertz CT molecular complexity index is 1250. The maximum atomic E-state index is 15.2. The van der Waals surface area contributed by atoms with Gasteiger partial charge < -0.3 is 10.2 Å². The predicted octanol–water partition coefficient (Wildman–Crippen LogP) is 7.60. The van der Waals surface area contributed by atoms with Crippen LogP contribution in [0.1, 0.15) is 92.5 Å². The summed E-state index contributed by atoms with van der Waals surface area (Å²) in [6, 6.07) is 11.4. The molecule has 2 aromatic carbocycles. The SMILES string of the molecule is C[C@H]1Nc2ncnc3c(cc(C4CC4)cc23)CCCCCCN2CC(CCC(F)(F)c3cccc1c3)C2. The number of halogens is 2. The molecule has 1 atom stereocenters. The number of nitrogens with zero attached hydrogens (tertiary/aromatic N) is 3. The second-order valence-electron chi connectivity index (χ2n) is 11.6. The second-order valence-corrected chi connectivity index (χ2v) is 11.6. The van der Waals surface area contributed by atoms with Crippen molar-refractivity contribution in [3.8, 4) is 0 Å². The van der Waals surface area contributed by atoms with Crippen LogP contribution in [0.4, 0.5) is 14.6 Å². The molecule has 3 aliphatic heterocycles. The van der Waals surface area contributed by atoms with E-state index in [1.165, 1.54) is 43.2 Å². The van der Waals surface area contributed by atoms with E-state index in [-0.39, 0.29) is 18.0 Å². The highest BCUT2D eigenvalue weighted by Crippen LogP contribution is 2.43. The van der Waals surface area contributed by atoms with Crippen LogP contribution >= 0.6 is 0 Å². The number of aromatic nitrogens is 2. The monoisotopic (exact) mass is 504 g/mol. The third-order valence-corrected chi connectivity index (χ3v) is 8.62. The summed E-state index contributed by atoms with van der Waals surface area (Å²) >= 11 is 0. The largest absolute Gasteiger partial charge is 0.363 e. The van der Waals surface area contributed by atoms with Crippen LogP contribution in [0.3, 0.4) is 0 Å². The molecular weight excluding hydrogens is 466 g/mol. The van der Waals surface area contributed by atoms with Crippen molar-refractivity contribution in [3.63, 3.8) is 0 Å². The summed E-state index contributed by atoms with van der Waals surface area (Å²) in [5.74, 6) is -0.986. The minimum atomic E-state index is -2.81. The van der Waals surface area contributed by atoms with Crippen molar-refractivity contribution in [2.45, 2.75) is 82.6 Å². The molecule has 4 nitrogen and oxygen atoms in total. The van der Waals surface area contributed by atoms with Crippen molar-refractivity contribution < 1.29 is 8.78 Å². The van der Waals surface area contributed by atoms with Crippen LogP contribution in [-0.2, 0) is 12.3 Å². The molecule has 1 saturated heterocycles. The van der Waals surface area contributed by atoms with Gasteiger partial charge in [0.05, 0.1) is 5.52 Å². The first kappa shape index (κ1) is 24.7. The number of fused-ring (bicyclic) bond motifs is 8. The van der Waals surface area contributed by atoms with Crippen molar-refractivity contribution in [2.24, 2.45) is 5.92 Å². The lowest BCUT2D eigenvalue weighted by Gasteiger charge is -2.40. The van der Waals surface area contributed by atoms with Crippen LogP contribution in [0.25, 0.3) is 10.9 Å². The molecule has 1 N–H and O–H groups in total. The zero-order valence-electron chi connectivity index (χ0n) is 21.9. The predicted molar refractivity (Wildman–Crippen MR) is 145 cm³/mol. The van der Waals surface area contributed by atoms with E-state index in [9.17, 15) is 0 Å². The van der Waals surface area contributed by atoms with E-state index >= 15 is 8.78 Å². The Morgan fingerprint density at radius 1 is 0.946 bits per heavy atom. The Morgan fingerprint density at radius 3 is 2.62 bits per heavy atom. The molecule has 37 heavy (non-hydrogen) atoms. The van der Waals surface area contributed by atoms with Gasteiger partial charge >= 0.3 is 0 Å². The maximum absolute atomic E-state index is 15.2. The Balaban J connectivity index is 1.33. The van der Waals surface area contributed by atoms with Gasteiger partial charge in [0.1, 0.15) is 12.1 Å². The highest BCUT2D eigenvalue weighted by atomic mass is 19.3. The van der Waals surface area contributed by atoms with Gasteiger partial charge in [-0.2, -0.15) is 0 Å². The molecular formula is C31H38F2N4. The van der Waals surface area contributed by atoms with E-state index in [1.807, 2.05) is 13.0 Å². The Kier molecular flexibility index (Phi) is 6.87. The van der Waals surface area contributed by atoms with Crippen LogP contribution in [0.15, 0.2) is 42.7 Å². The third kappa shape index (κ3) is 5.50. The third-order valence-electron chi connectivity index (χ3n) is 8.62. The molecule has 0 spiro atoms. The number of alkyl halides is 2. The molecule has 4 aliphatic rings. The van der Waals surface area contributed by atoms with E-state index in [4.69, 9.17) is 4.98 Å². The summed E-state index contributed by atoms with van der Waals surface area (Å²) in [4.78, 5) is 11.8. The molecule has 3 aromatic rings. The molecule has 8 bridgehead atoms. The minimum Gasteiger partial charge on any atom is -0.363 e. The first-order valence-electron chi connectivity index (χ1n) is 14.2. The van der Waals surface area contributed by atoms with Crippen LogP contribution in [-0.4, -0.2) is 34.5 Å². The van der Waals surface area contributed by atoms with E-state index in [1.54, 1.807) is 24.5 Å². The molecule has 1 saturated carbocycles. The first-order chi connectivity index (χ1) is 18.0. The van der Waals surface area contributed by atoms with Crippen LogP contribution in [0.5, 0.6) is 0 Å². The van der Waals surface area contributed by atoms with E-state index in [0.29, 0.717) is 18.3 Å². The van der Waals surface area contributed by atoms with Crippen molar-refractivity contribution in [1.82, 2.24) is 14.9 Å². The Morgan fingerprint density at radius 2 is 1.78 bits per heavy atom. The Hall–Kier alpha value is -2.60. The average Bonchev–Trinajstić information content (AvgIpc) is 3.72. The number of nitrogens with one attached hydrogen (secondary N) is 1. The molecule has 0 unspecified atom stereocenters. The molecule has 0 radical (unpaired) electrons. The molecule has 1 aliphatic carbocycles. The van der Waals surface area contributed by atoms with Gasteiger partial charge in [-0.15, -0.1) is 0 Å². The number of rotatable bonds is 1. The zero-order valence-corrected chi connectivity index (χ0v) is 21.9. The molecule has 7 rings (SSSR count). The second kappa shape index (κ2) is 10.3. The summed E-state index contributed by atoms with van der Waals surface area (Å²) in [5, 5.41) is 4.59. The van der Waals surface area contributed by atoms with E-state index in [0.717, 1.165) is 54.8 Å². The van der Waals surface area contributed by atoms with Gasteiger partial charge in [0, 0.05) is 36.5 Å². The number of hydrogen-bond donors (Lipinski definition) is 1. The summed E-state index contributed by atoms with van der Waals surface area (Å²) in [6.07, 6.45) is 10.4. The quantitative estimate of drug-likeness (QED) is 0.370. The number of aryl methyl sites for hydroxylation is 1. The highest BCUT2D eigenvalue weighted by Gasteiger charge is 2.35. The number of anilines is 1. The molecule has 1 aromatic heterocycles. The first-order valence-corrected chi connectivity index (χ1v) is 14.2. The Labute approximate surface area is 218 Å². The van der Waals surface area contributed by atoms with E-state index in [2.05, 4.69) is 27.3 Å². The standard InChI is InChI=1S/C31H38F2N4/c1-21-24-8-6-9-27(16-24)31(32,33)13-12-22-18-37(19-22)14-5-3-2-4-7-25-15-26(23-10-11-23)17-28-29(25)34-20-35-30(28)36-21/h6,8-9,15-17,20-23H,2-5,7,10-14,18-19H2,1H3,(H,34,35,36)/t21-/m1/s1. The fourth-order valence-electron chi connectivity index (χ4n) is 6.12.